The fourth-order valence-electron chi connectivity index (χ4n) is 6.16. The minimum atomic E-state index is -2.61. The van der Waals surface area contributed by atoms with E-state index in [0.29, 0.717) is 11.4 Å². The van der Waals surface area contributed by atoms with Gasteiger partial charge in [0.15, 0.2) is 0 Å². The number of benzene rings is 1. The summed E-state index contributed by atoms with van der Waals surface area (Å²) in [6, 6.07) is 5.78. The quantitative estimate of drug-likeness (QED) is 0.320. The van der Waals surface area contributed by atoms with E-state index in [1.54, 1.807) is 6.92 Å². The van der Waals surface area contributed by atoms with Crippen LogP contribution in [0.5, 0.6) is 5.75 Å². The summed E-state index contributed by atoms with van der Waals surface area (Å²) in [6.45, 7) is 22.9. The zero-order valence-corrected chi connectivity index (χ0v) is 24.0. The average Bonchev–Trinajstić information content (AvgIpc) is 3.20. The maximum atomic E-state index is 14.3. The highest BCUT2D eigenvalue weighted by molar-refractivity contribution is 6.41. The highest BCUT2D eigenvalue weighted by Gasteiger charge is 2.37. The van der Waals surface area contributed by atoms with Gasteiger partial charge >= 0.3 is 7.40 Å². The molecule has 2 aromatic rings. The van der Waals surface area contributed by atoms with Crippen LogP contribution in [-0.4, -0.2) is 29.2 Å². The molecular weight excluding hydrogens is 453 g/mol. The second-order valence-electron chi connectivity index (χ2n) is 12.1. The lowest BCUT2D eigenvalue weighted by Crippen LogP contribution is -2.34. The second kappa shape index (κ2) is 10.2. The zero-order valence-electron chi connectivity index (χ0n) is 24.0. The van der Waals surface area contributed by atoms with Gasteiger partial charge in [0, 0.05) is 17.1 Å². The molecule has 1 aromatic carbocycles. The van der Waals surface area contributed by atoms with Gasteiger partial charge in [0.05, 0.1) is 12.0 Å². The van der Waals surface area contributed by atoms with Gasteiger partial charge in [-0.3, -0.25) is 13.6 Å². The molecule has 6 heteroatoms. The summed E-state index contributed by atoms with van der Waals surface area (Å²) in [5.74, 6) is 0.502. The molecule has 2 atom stereocenters. The third kappa shape index (κ3) is 5.79. The number of ether oxygens (including phenoxy) is 1. The Kier molecular flexibility index (Phi) is 7.98. The van der Waals surface area contributed by atoms with E-state index in [1.165, 1.54) is 4.48 Å². The van der Waals surface area contributed by atoms with Gasteiger partial charge in [-0.1, -0.05) is 27.2 Å². The fraction of sp³-hybridized carbons (Fsp3) is 0.567. The molecule has 0 N–H and O–H groups in total. The van der Waals surface area contributed by atoms with Crippen LogP contribution < -0.4 is 4.74 Å². The Bertz CT molecular complexity index is 1170. The summed E-state index contributed by atoms with van der Waals surface area (Å²) in [7, 11) is -2.61. The minimum absolute atomic E-state index is 0.177. The Labute approximate surface area is 217 Å². The van der Waals surface area contributed by atoms with Crippen molar-refractivity contribution in [3.05, 3.63) is 63.5 Å². The van der Waals surface area contributed by atoms with Crippen molar-refractivity contribution in [3.8, 4) is 5.75 Å². The molecule has 2 heterocycles. The van der Waals surface area contributed by atoms with E-state index in [9.17, 15) is 8.63 Å². The maximum absolute atomic E-state index is 14.3. The molecule has 3 nitrogen and oxygen atoms in total. The number of halogens is 2. The molecule has 36 heavy (non-hydrogen) atoms. The predicted molar refractivity (Wildman–Crippen MR) is 149 cm³/mol. The lowest BCUT2D eigenvalue weighted by molar-refractivity contribution is 0.0548. The predicted octanol–water partition coefficient (Wildman–Crippen LogP) is 8.40. The van der Waals surface area contributed by atoms with Gasteiger partial charge in [0.25, 0.3) is 0 Å². The highest BCUT2D eigenvalue weighted by Crippen LogP contribution is 2.43. The topological polar surface area (TPSA) is 26.5 Å². The first-order valence-electron chi connectivity index (χ1n) is 13.1. The van der Waals surface area contributed by atoms with Crippen LogP contribution in [0.25, 0.3) is 0 Å². The largest absolute Gasteiger partial charge is 0.677 e. The first-order chi connectivity index (χ1) is 16.6. The van der Waals surface area contributed by atoms with Crippen molar-refractivity contribution >= 4 is 13.1 Å². The van der Waals surface area contributed by atoms with E-state index in [1.807, 2.05) is 19.9 Å². The molecule has 0 amide bonds. The maximum Gasteiger partial charge on any atom is 0.677 e. The van der Waals surface area contributed by atoms with Crippen molar-refractivity contribution in [1.82, 2.24) is 4.48 Å². The van der Waals surface area contributed by atoms with Crippen molar-refractivity contribution < 1.29 is 13.4 Å². The Hall–Kier alpha value is -2.37. The Morgan fingerprint density at radius 1 is 0.972 bits per heavy atom. The van der Waals surface area contributed by atoms with Crippen LogP contribution in [0.1, 0.15) is 101 Å². The van der Waals surface area contributed by atoms with Gasteiger partial charge in [0.1, 0.15) is 11.4 Å². The molecule has 196 valence electrons. The van der Waals surface area contributed by atoms with Gasteiger partial charge in [-0.05, 0) is 119 Å². The average molecular weight is 496 g/mol. The van der Waals surface area contributed by atoms with Crippen molar-refractivity contribution in [2.45, 2.75) is 107 Å². The smallest absolute Gasteiger partial charge is 0.488 e. The van der Waals surface area contributed by atoms with Crippen LogP contribution >= 0.6 is 0 Å². The number of aryl methyl sites for hydroxylation is 4. The SMILES string of the molecule is CCC(C)(C)CC(C)(C)Oc1cc(C)c(C(c2c(C)cc(C)n2B(F)F)C2N=C(C)C=C2C)c(C)c1. The molecule has 0 spiro atoms. The van der Waals surface area contributed by atoms with E-state index in [2.05, 4.69) is 73.6 Å². The van der Waals surface area contributed by atoms with E-state index < -0.39 is 7.40 Å². The van der Waals surface area contributed by atoms with Gasteiger partial charge in [-0.15, -0.1) is 0 Å². The highest BCUT2D eigenvalue weighted by atomic mass is 19.2. The molecule has 0 saturated carbocycles. The van der Waals surface area contributed by atoms with Gasteiger partial charge in [-0.2, -0.15) is 0 Å². The van der Waals surface area contributed by atoms with Gasteiger partial charge < -0.3 is 9.21 Å². The standard InChI is InChI=1S/C30H43BF2N2O/c1-12-29(8,9)17-30(10,11)36-24-15-18(2)25(19(3)16-24)26(27-20(4)13-22(6)34-27)28-21(5)14-23(7)35(28)31(32)33/h13-16,26-27H,12,17H2,1-11H3. The molecular formula is C30H43BF2N2O. The van der Waals surface area contributed by atoms with Crippen LogP contribution in [0.4, 0.5) is 8.63 Å². The van der Waals surface area contributed by atoms with Gasteiger partial charge in [0.2, 0.25) is 0 Å². The summed E-state index contributed by atoms with van der Waals surface area (Å²) < 4.78 is 36.4. The summed E-state index contributed by atoms with van der Waals surface area (Å²) in [4.78, 5) is 4.92. The Morgan fingerprint density at radius 3 is 2.03 bits per heavy atom. The van der Waals surface area contributed by atoms with Crippen molar-refractivity contribution in [3.63, 3.8) is 0 Å². The number of aromatic nitrogens is 1. The summed E-state index contributed by atoms with van der Waals surface area (Å²) in [5, 5.41) is 0. The van der Waals surface area contributed by atoms with Crippen LogP contribution in [0.2, 0.25) is 0 Å². The summed E-state index contributed by atoms with van der Waals surface area (Å²) in [6.07, 6.45) is 4.07. The van der Waals surface area contributed by atoms with Crippen molar-refractivity contribution in [2.24, 2.45) is 10.4 Å². The fourth-order valence-corrected chi connectivity index (χ4v) is 6.16. The number of hydrogen-bond donors (Lipinski definition) is 0. The molecule has 2 unspecified atom stereocenters. The number of aliphatic imine (C=N–C) groups is 1. The molecule has 0 aliphatic carbocycles. The molecule has 3 rings (SSSR count). The third-order valence-electron chi connectivity index (χ3n) is 7.65. The molecule has 0 saturated heterocycles. The van der Waals surface area contributed by atoms with E-state index in [0.717, 1.165) is 52.1 Å². The van der Waals surface area contributed by atoms with Crippen LogP contribution in [0, 0.1) is 33.1 Å². The molecule has 0 radical (unpaired) electrons. The zero-order chi connectivity index (χ0) is 27.2. The number of nitrogens with zero attached hydrogens (tertiary/aromatic N) is 2. The summed E-state index contributed by atoms with van der Waals surface area (Å²) in [5.41, 5.74) is 7.07. The Morgan fingerprint density at radius 2 is 1.56 bits per heavy atom. The second-order valence-corrected chi connectivity index (χ2v) is 12.1. The van der Waals surface area contributed by atoms with Crippen molar-refractivity contribution in [2.75, 3.05) is 0 Å². The first kappa shape index (κ1) is 28.2. The Balaban J connectivity index is 2.15. The van der Waals surface area contributed by atoms with Crippen LogP contribution in [0.15, 0.2) is 34.8 Å². The third-order valence-corrected chi connectivity index (χ3v) is 7.65. The lowest BCUT2D eigenvalue weighted by Gasteiger charge is -2.35. The number of allylic oxidation sites excluding steroid dienone is 1. The minimum Gasteiger partial charge on any atom is -0.488 e. The number of hydrogen-bond acceptors (Lipinski definition) is 2. The van der Waals surface area contributed by atoms with E-state index in [-0.39, 0.29) is 23.0 Å². The van der Waals surface area contributed by atoms with Crippen LogP contribution in [-0.2, 0) is 0 Å². The van der Waals surface area contributed by atoms with Crippen LogP contribution in [0.3, 0.4) is 0 Å². The normalized spacial score (nSPS) is 17.2. The molecule has 1 aromatic heterocycles. The summed E-state index contributed by atoms with van der Waals surface area (Å²) >= 11 is 0. The lowest BCUT2D eigenvalue weighted by atomic mass is 9.79. The number of rotatable bonds is 9. The van der Waals surface area contributed by atoms with Crippen molar-refractivity contribution in [1.29, 1.82) is 0 Å². The molecule has 0 fully saturated rings. The van der Waals surface area contributed by atoms with E-state index >= 15 is 0 Å². The first-order valence-corrected chi connectivity index (χ1v) is 13.1. The molecule has 1 aliphatic heterocycles. The molecule has 1 aliphatic rings. The van der Waals surface area contributed by atoms with E-state index in [4.69, 9.17) is 9.73 Å². The van der Waals surface area contributed by atoms with Gasteiger partial charge in [-0.25, -0.2) is 0 Å². The molecule has 0 bridgehead atoms. The monoisotopic (exact) mass is 496 g/mol.